The molecule has 2 N–H and O–H groups in total. The minimum Gasteiger partial charge on any atom is -0.494 e. The second kappa shape index (κ2) is 5.55. The standard InChI is InChI=1S/C13H14FN3O/c1-18-12-4-3-9(7-11(12)14)10(8-15)13-16-5-2-6-17-13/h2-7,10H,8,15H2,1H3. The summed E-state index contributed by atoms with van der Waals surface area (Å²) in [4.78, 5) is 8.31. The van der Waals surface area contributed by atoms with E-state index in [0.29, 0.717) is 12.4 Å². The van der Waals surface area contributed by atoms with E-state index >= 15 is 0 Å². The Kier molecular flexibility index (Phi) is 3.84. The predicted molar refractivity (Wildman–Crippen MR) is 65.9 cm³/mol. The number of halogens is 1. The fourth-order valence-corrected chi connectivity index (χ4v) is 1.78. The van der Waals surface area contributed by atoms with Gasteiger partial charge in [-0.1, -0.05) is 6.07 Å². The molecular weight excluding hydrogens is 233 g/mol. The molecule has 0 aliphatic carbocycles. The van der Waals surface area contributed by atoms with E-state index in [1.54, 1.807) is 30.6 Å². The average molecular weight is 247 g/mol. The van der Waals surface area contributed by atoms with E-state index in [1.807, 2.05) is 0 Å². The predicted octanol–water partition coefficient (Wildman–Crippen LogP) is 1.71. The summed E-state index contributed by atoms with van der Waals surface area (Å²) >= 11 is 0. The number of rotatable bonds is 4. The smallest absolute Gasteiger partial charge is 0.165 e. The SMILES string of the molecule is COc1ccc(C(CN)c2ncccn2)cc1F. The second-order valence-corrected chi connectivity index (χ2v) is 3.79. The van der Waals surface area contributed by atoms with Gasteiger partial charge in [-0.2, -0.15) is 0 Å². The molecule has 1 aromatic carbocycles. The van der Waals surface area contributed by atoms with Crippen LogP contribution in [-0.4, -0.2) is 23.6 Å². The fourth-order valence-electron chi connectivity index (χ4n) is 1.78. The van der Waals surface area contributed by atoms with Gasteiger partial charge in [-0.15, -0.1) is 0 Å². The Balaban J connectivity index is 2.37. The molecule has 1 unspecified atom stereocenters. The van der Waals surface area contributed by atoms with Gasteiger partial charge in [-0.05, 0) is 23.8 Å². The van der Waals surface area contributed by atoms with Crippen molar-refractivity contribution >= 4 is 0 Å². The second-order valence-electron chi connectivity index (χ2n) is 3.79. The van der Waals surface area contributed by atoms with Gasteiger partial charge in [-0.25, -0.2) is 14.4 Å². The van der Waals surface area contributed by atoms with Crippen molar-refractivity contribution < 1.29 is 9.13 Å². The Bertz CT molecular complexity index is 519. The van der Waals surface area contributed by atoms with Crippen LogP contribution in [0.4, 0.5) is 4.39 Å². The first-order chi connectivity index (χ1) is 8.76. The Morgan fingerprint density at radius 3 is 2.61 bits per heavy atom. The third-order valence-corrected chi connectivity index (χ3v) is 2.71. The number of nitrogens with zero attached hydrogens (tertiary/aromatic N) is 2. The molecule has 0 aliphatic rings. The fraction of sp³-hybridized carbons (Fsp3) is 0.231. The first kappa shape index (κ1) is 12.4. The number of hydrogen-bond acceptors (Lipinski definition) is 4. The summed E-state index contributed by atoms with van der Waals surface area (Å²) in [5, 5.41) is 0. The number of aromatic nitrogens is 2. The van der Waals surface area contributed by atoms with Gasteiger partial charge < -0.3 is 10.5 Å². The van der Waals surface area contributed by atoms with Gasteiger partial charge in [0.25, 0.3) is 0 Å². The Labute approximate surface area is 105 Å². The minimum atomic E-state index is -0.413. The lowest BCUT2D eigenvalue weighted by Crippen LogP contribution is -2.16. The highest BCUT2D eigenvalue weighted by molar-refractivity contribution is 5.34. The van der Waals surface area contributed by atoms with Gasteiger partial charge in [0.15, 0.2) is 11.6 Å². The summed E-state index contributed by atoms with van der Waals surface area (Å²) in [6.07, 6.45) is 3.29. The van der Waals surface area contributed by atoms with Crippen LogP contribution in [0.5, 0.6) is 5.75 Å². The largest absolute Gasteiger partial charge is 0.494 e. The van der Waals surface area contributed by atoms with E-state index in [-0.39, 0.29) is 11.7 Å². The molecule has 0 bridgehead atoms. The molecule has 0 saturated carbocycles. The van der Waals surface area contributed by atoms with Crippen molar-refractivity contribution in [3.8, 4) is 5.75 Å². The maximum Gasteiger partial charge on any atom is 0.165 e. The van der Waals surface area contributed by atoms with Crippen LogP contribution in [0, 0.1) is 5.82 Å². The summed E-state index contributed by atoms with van der Waals surface area (Å²) in [6.45, 7) is 0.315. The third-order valence-electron chi connectivity index (χ3n) is 2.71. The highest BCUT2D eigenvalue weighted by Gasteiger charge is 2.16. The molecule has 0 amide bonds. The lowest BCUT2D eigenvalue weighted by Gasteiger charge is -2.14. The van der Waals surface area contributed by atoms with Crippen LogP contribution >= 0.6 is 0 Å². The zero-order valence-electron chi connectivity index (χ0n) is 10.0. The Morgan fingerprint density at radius 2 is 2.06 bits per heavy atom. The quantitative estimate of drug-likeness (QED) is 0.893. The maximum atomic E-state index is 13.7. The molecule has 2 aromatic rings. The van der Waals surface area contributed by atoms with Crippen LogP contribution in [0.3, 0.4) is 0 Å². The maximum absolute atomic E-state index is 13.7. The minimum absolute atomic E-state index is 0.212. The lowest BCUT2D eigenvalue weighted by molar-refractivity contribution is 0.386. The first-order valence-electron chi connectivity index (χ1n) is 5.56. The van der Waals surface area contributed by atoms with Gasteiger partial charge in [0, 0.05) is 18.9 Å². The molecule has 0 saturated heterocycles. The number of ether oxygens (including phenoxy) is 1. The molecule has 2 rings (SSSR count). The van der Waals surface area contributed by atoms with Crippen LogP contribution in [0.25, 0.3) is 0 Å². The summed E-state index contributed by atoms with van der Waals surface area (Å²) < 4.78 is 18.5. The number of methoxy groups -OCH3 is 1. The summed E-state index contributed by atoms with van der Waals surface area (Å²) in [7, 11) is 1.43. The molecule has 4 nitrogen and oxygen atoms in total. The molecule has 18 heavy (non-hydrogen) atoms. The monoisotopic (exact) mass is 247 g/mol. The van der Waals surface area contributed by atoms with Gasteiger partial charge in [0.2, 0.25) is 0 Å². The van der Waals surface area contributed by atoms with Gasteiger partial charge >= 0.3 is 0 Å². The van der Waals surface area contributed by atoms with E-state index in [2.05, 4.69) is 9.97 Å². The van der Waals surface area contributed by atoms with Crippen LogP contribution < -0.4 is 10.5 Å². The zero-order valence-corrected chi connectivity index (χ0v) is 10.0. The van der Waals surface area contributed by atoms with Crippen molar-refractivity contribution in [2.24, 2.45) is 5.73 Å². The Hall–Kier alpha value is -2.01. The normalized spacial score (nSPS) is 12.2. The molecule has 0 spiro atoms. The van der Waals surface area contributed by atoms with Crippen molar-refractivity contribution in [3.05, 3.63) is 53.9 Å². The van der Waals surface area contributed by atoms with Crippen molar-refractivity contribution in [3.63, 3.8) is 0 Å². The van der Waals surface area contributed by atoms with E-state index < -0.39 is 5.82 Å². The topological polar surface area (TPSA) is 61.0 Å². The van der Waals surface area contributed by atoms with Crippen LogP contribution in [0.2, 0.25) is 0 Å². The molecule has 1 heterocycles. The molecule has 0 fully saturated rings. The molecule has 1 aromatic heterocycles. The van der Waals surface area contributed by atoms with Crippen molar-refractivity contribution in [1.82, 2.24) is 9.97 Å². The van der Waals surface area contributed by atoms with Gasteiger partial charge in [-0.3, -0.25) is 0 Å². The van der Waals surface area contributed by atoms with Crippen molar-refractivity contribution in [2.75, 3.05) is 13.7 Å². The Morgan fingerprint density at radius 1 is 1.33 bits per heavy atom. The molecule has 94 valence electrons. The number of benzene rings is 1. The molecule has 1 atom stereocenters. The van der Waals surface area contributed by atoms with Crippen LogP contribution in [-0.2, 0) is 0 Å². The molecule has 5 heteroatoms. The molecular formula is C13H14FN3O. The summed E-state index contributed by atoms with van der Waals surface area (Å²) in [5.74, 6) is 0.170. The first-order valence-corrected chi connectivity index (χ1v) is 5.56. The van der Waals surface area contributed by atoms with Gasteiger partial charge in [0.1, 0.15) is 5.82 Å². The summed E-state index contributed by atoms with van der Waals surface area (Å²) in [5.41, 5.74) is 6.46. The molecule has 0 aliphatic heterocycles. The van der Waals surface area contributed by atoms with E-state index in [0.717, 1.165) is 5.56 Å². The van der Waals surface area contributed by atoms with Crippen molar-refractivity contribution in [1.29, 1.82) is 0 Å². The van der Waals surface area contributed by atoms with E-state index in [4.69, 9.17) is 10.5 Å². The van der Waals surface area contributed by atoms with Gasteiger partial charge in [0.05, 0.1) is 13.0 Å². The third kappa shape index (κ3) is 2.46. The van der Waals surface area contributed by atoms with E-state index in [1.165, 1.54) is 13.2 Å². The number of hydrogen-bond donors (Lipinski definition) is 1. The average Bonchev–Trinajstić information content (AvgIpc) is 2.41. The van der Waals surface area contributed by atoms with E-state index in [9.17, 15) is 4.39 Å². The lowest BCUT2D eigenvalue weighted by atomic mass is 9.98. The number of nitrogens with two attached hydrogens (primary N) is 1. The highest BCUT2D eigenvalue weighted by atomic mass is 19.1. The van der Waals surface area contributed by atoms with Crippen molar-refractivity contribution in [2.45, 2.75) is 5.92 Å². The molecule has 0 radical (unpaired) electrons. The summed E-state index contributed by atoms with van der Waals surface area (Å²) in [6, 6.07) is 6.49. The highest BCUT2D eigenvalue weighted by Crippen LogP contribution is 2.25. The zero-order chi connectivity index (χ0) is 13.0. The van der Waals surface area contributed by atoms with Crippen LogP contribution in [0.15, 0.2) is 36.7 Å². The van der Waals surface area contributed by atoms with Crippen LogP contribution in [0.1, 0.15) is 17.3 Å².